The van der Waals surface area contributed by atoms with E-state index >= 15 is 0 Å². The van der Waals surface area contributed by atoms with Crippen molar-refractivity contribution in [2.45, 2.75) is 32.9 Å². The molecule has 1 aliphatic rings. The Morgan fingerprint density at radius 1 is 1.43 bits per heavy atom. The second-order valence-electron chi connectivity index (χ2n) is 5.04. The second kappa shape index (κ2) is 6.13. The number of fused-ring (bicyclic) bond motifs is 1. The molecule has 0 saturated heterocycles. The zero-order valence-electron chi connectivity index (χ0n) is 12.3. The van der Waals surface area contributed by atoms with Crippen LogP contribution in [0.2, 0.25) is 0 Å². The maximum Gasteiger partial charge on any atom is 0.264 e. The molecular weight excluding hydrogens is 270 g/mol. The smallest absolute Gasteiger partial charge is 0.264 e. The topological polar surface area (TPSA) is 69.4 Å². The maximum absolute atomic E-state index is 5.71. The van der Waals surface area contributed by atoms with E-state index in [0.29, 0.717) is 18.3 Å². The van der Waals surface area contributed by atoms with Crippen LogP contribution in [0.1, 0.15) is 36.7 Å². The van der Waals surface area contributed by atoms with Gasteiger partial charge in [-0.3, -0.25) is 0 Å². The maximum atomic E-state index is 5.71. The van der Waals surface area contributed by atoms with Crippen molar-refractivity contribution in [2.24, 2.45) is 0 Å². The van der Waals surface area contributed by atoms with Gasteiger partial charge >= 0.3 is 0 Å². The van der Waals surface area contributed by atoms with E-state index in [1.165, 1.54) is 5.56 Å². The molecule has 0 fully saturated rings. The summed E-state index contributed by atoms with van der Waals surface area (Å²) in [5.74, 6) is 2.69. The van der Waals surface area contributed by atoms with Gasteiger partial charge in [0.2, 0.25) is 0 Å². The Labute approximate surface area is 123 Å². The SMILES string of the molecule is CCCNC1COc2cc(OCc3nc(C)no3)ccc21. The van der Waals surface area contributed by atoms with Gasteiger partial charge in [-0.05, 0) is 32.0 Å². The van der Waals surface area contributed by atoms with Crippen LogP contribution in [0.25, 0.3) is 0 Å². The molecule has 0 saturated carbocycles. The van der Waals surface area contributed by atoms with Gasteiger partial charge in [0.05, 0.1) is 6.04 Å². The summed E-state index contributed by atoms with van der Waals surface area (Å²) in [6.07, 6.45) is 1.11. The molecule has 1 unspecified atom stereocenters. The van der Waals surface area contributed by atoms with Crippen molar-refractivity contribution >= 4 is 0 Å². The number of aryl methyl sites for hydroxylation is 1. The van der Waals surface area contributed by atoms with Crippen molar-refractivity contribution < 1.29 is 14.0 Å². The lowest BCUT2D eigenvalue weighted by atomic mass is 10.1. The first-order valence-corrected chi connectivity index (χ1v) is 7.18. The molecular formula is C15H19N3O3. The molecule has 0 amide bonds. The van der Waals surface area contributed by atoms with Gasteiger partial charge in [-0.25, -0.2) is 0 Å². The summed E-state index contributed by atoms with van der Waals surface area (Å²) in [4.78, 5) is 4.10. The molecule has 1 N–H and O–H groups in total. The predicted octanol–water partition coefficient (Wildman–Crippen LogP) is 2.39. The first-order valence-electron chi connectivity index (χ1n) is 7.18. The van der Waals surface area contributed by atoms with E-state index in [2.05, 4.69) is 22.4 Å². The monoisotopic (exact) mass is 289 g/mol. The predicted molar refractivity (Wildman–Crippen MR) is 76.3 cm³/mol. The third-order valence-electron chi connectivity index (χ3n) is 3.34. The fourth-order valence-electron chi connectivity index (χ4n) is 2.31. The molecule has 3 rings (SSSR count). The minimum Gasteiger partial charge on any atom is -0.491 e. The normalized spacial score (nSPS) is 16.6. The number of nitrogens with zero attached hydrogens (tertiary/aromatic N) is 2. The van der Waals surface area contributed by atoms with Gasteiger partial charge in [-0.2, -0.15) is 4.98 Å². The van der Waals surface area contributed by atoms with Crippen LogP contribution in [-0.4, -0.2) is 23.3 Å². The zero-order valence-corrected chi connectivity index (χ0v) is 12.3. The number of benzene rings is 1. The van der Waals surface area contributed by atoms with E-state index in [-0.39, 0.29) is 12.6 Å². The molecule has 2 aromatic rings. The van der Waals surface area contributed by atoms with E-state index in [0.717, 1.165) is 24.5 Å². The van der Waals surface area contributed by atoms with E-state index in [1.807, 2.05) is 18.2 Å². The van der Waals surface area contributed by atoms with E-state index in [9.17, 15) is 0 Å². The fraction of sp³-hybridized carbons (Fsp3) is 0.467. The third kappa shape index (κ3) is 3.16. The van der Waals surface area contributed by atoms with Crippen molar-refractivity contribution in [3.05, 3.63) is 35.5 Å². The van der Waals surface area contributed by atoms with Crippen LogP contribution in [0.5, 0.6) is 11.5 Å². The highest BCUT2D eigenvalue weighted by Gasteiger charge is 2.23. The Balaban J connectivity index is 1.64. The first kappa shape index (κ1) is 13.9. The van der Waals surface area contributed by atoms with Gasteiger partial charge in [-0.1, -0.05) is 12.1 Å². The molecule has 1 atom stereocenters. The number of rotatable bonds is 6. The lowest BCUT2D eigenvalue weighted by Gasteiger charge is -2.10. The van der Waals surface area contributed by atoms with E-state index in [4.69, 9.17) is 14.0 Å². The lowest BCUT2D eigenvalue weighted by Crippen LogP contribution is -2.22. The number of aromatic nitrogens is 2. The Morgan fingerprint density at radius 3 is 3.10 bits per heavy atom. The lowest BCUT2D eigenvalue weighted by molar-refractivity contribution is 0.241. The molecule has 21 heavy (non-hydrogen) atoms. The summed E-state index contributed by atoms with van der Waals surface area (Å²) < 4.78 is 16.4. The highest BCUT2D eigenvalue weighted by Crippen LogP contribution is 2.35. The second-order valence-corrected chi connectivity index (χ2v) is 5.04. The summed E-state index contributed by atoms with van der Waals surface area (Å²) in [5, 5.41) is 7.19. The quantitative estimate of drug-likeness (QED) is 0.880. The minimum absolute atomic E-state index is 0.261. The Morgan fingerprint density at radius 2 is 2.33 bits per heavy atom. The fourth-order valence-corrected chi connectivity index (χ4v) is 2.31. The Kier molecular flexibility index (Phi) is 4.06. The largest absolute Gasteiger partial charge is 0.491 e. The van der Waals surface area contributed by atoms with Crippen molar-refractivity contribution in [3.63, 3.8) is 0 Å². The van der Waals surface area contributed by atoms with Gasteiger partial charge in [-0.15, -0.1) is 0 Å². The zero-order chi connectivity index (χ0) is 14.7. The summed E-state index contributed by atoms with van der Waals surface area (Å²) in [7, 11) is 0. The van der Waals surface area contributed by atoms with Crippen LogP contribution in [0, 0.1) is 6.92 Å². The van der Waals surface area contributed by atoms with Crippen molar-refractivity contribution in [1.82, 2.24) is 15.5 Å². The van der Waals surface area contributed by atoms with Gasteiger partial charge in [0.25, 0.3) is 5.89 Å². The van der Waals surface area contributed by atoms with E-state index < -0.39 is 0 Å². The number of hydrogen-bond acceptors (Lipinski definition) is 6. The van der Waals surface area contributed by atoms with Crippen LogP contribution in [-0.2, 0) is 6.61 Å². The molecule has 0 aliphatic carbocycles. The van der Waals surface area contributed by atoms with Gasteiger partial charge < -0.3 is 19.3 Å². The summed E-state index contributed by atoms with van der Waals surface area (Å²) in [6, 6.07) is 6.17. The molecule has 1 aromatic carbocycles. The first-order chi connectivity index (χ1) is 10.3. The molecule has 6 heteroatoms. The van der Waals surface area contributed by atoms with Crippen molar-refractivity contribution in [1.29, 1.82) is 0 Å². The van der Waals surface area contributed by atoms with E-state index in [1.54, 1.807) is 6.92 Å². The average Bonchev–Trinajstić information content (AvgIpc) is 3.09. The number of hydrogen-bond donors (Lipinski definition) is 1. The number of ether oxygens (including phenoxy) is 2. The van der Waals surface area contributed by atoms with Crippen LogP contribution < -0.4 is 14.8 Å². The Hall–Kier alpha value is -2.08. The highest BCUT2D eigenvalue weighted by molar-refractivity contribution is 5.45. The molecule has 2 heterocycles. The molecule has 112 valence electrons. The summed E-state index contributed by atoms with van der Waals surface area (Å²) in [5.41, 5.74) is 1.18. The van der Waals surface area contributed by atoms with Gasteiger partial charge in [0, 0.05) is 11.6 Å². The van der Waals surface area contributed by atoms with Gasteiger partial charge in [0.1, 0.15) is 18.1 Å². The molecule has 0 spiro atoms. The highest BCUT2D eigenvalue weighted by atomic mass is 16.5. The third-order valence-corrected chi connectivity index (χ3v) is 3.34. The summed E-state index contributed by atoms with van der Waals surface area (Å²) >= 11 is 0. The van der Waals surface area contributed by atoms with Crippen molar-refractivity contribution in [2.75, 3.05) is 13.2 Å². The summed E-state index contributed by atoms with van der Waals surface area (Å²) in [6.45, 7) is 5.85. The molecule has 0 bridgehead atoms. The standard InChI is InChI=1S/C15H19N3O3/c1-3-6-16-13-8-20-14-7-11(4-5-12(13)14)19-9-15-17-10(2)18-21-15/h4-5,7,13,16H,3,6,8-9H2,1-2H3. The molecule has 1 aliphatic heterocycles. The average molecular weight is 289 g/mol. The molecule has 0 radical (unpaired) electrons. The number of nitrogens with one attached hydrogen (secondary N) is 1. The minimum atomic E-state index is 0.261. The molecule has 6 nitrogen and oxygen atoms in total. The van der Waals surface area contributed by atoms with Crippen LogP contribution in [0.15, 0.2) is 22.7 Å². The van der Waals surface area contributed by atoms with Crippen LogP contribution >= 0.6 is 0 Å². The van der Waals surface area contributed by atoms with Crippen LogP contribution in [0.4, 0.5) is 0 Å². The van der Waals surface area contributed by atoms with Crippen molar-refractivity contribution in [3.8, 4) is 11.5 Å². The molecule has 1 aromatic heterocycles. The Bertz CT molecular complexity index is 612. The van der Waals surface area contributed by atoms with Crippen LogP contribution in [0.3, 0.4) is 0 Å². The van der Waals surface area contributed by atoms with Gasteiger partial charge in [0.15, 0.2) is 12.4 Å².